The molecule has 0 saturated heterocycles. The minimum Gasteiger partial charge on any atom is -0.345 e. The number of aromatic nitrogens is 3. The number of benzene rings is 1. The summed E-state index contributed by atoms with van der Waals surface area (Å²) in [5.41, 5.74) is 5.36. The number of hydrogen-bond donors (Lipinski definition) is 1. The third-order valence-electron chi connectivity index (χ3n) is 3.83. The van der Waals surface area contributed by atoms with E-state index in [0.717, 1.165) is 41.3 Å². The molecule has 1 aromatic carbocycles. The summed E-state index contributed by atoms with van der Waals surface area (Å²) in [7, 11) is 0. The maximum absolute atomic E-state index is 4.75. The average Bonchev–Trinajstić information content (AvgIpc) is 3.29. The SMILES string of the molecule is C1=CN=C(c2cccc(Cc3cccc(-c4ncc[nH]4)c3)n2)C1. The van der Waals surface area contributed by atoms with Crippen LogP contribution in [-0.4, -0.2) is 20.7 Å². The largest absolute Gasteiger partial charge is 0.345 e. The Balaban J connectivity index is 1.59. The third kappa shape index (κ3) is 2.97. The number of nitrogens with zero attached hydrogens (tertiary/aromatic N) is 3. The van der Waals surface area contributed by atoms with Crippen LogP contribution in [0.15, 0.2) is 72.1 Å². The number of nitrogens with one attached hydrogen (secondary N) is 1. The van der Waals surface area contributed by atoms with Gasteiger partial charge in [-0.3, -0.25) is 9.98 Å². The van der Waals surface area contributed by atoms with Crippen molar-refractivity contribution in [3.63, 3.8) is 0 Å². The van der Waals surface area contributed by atoms with E-state index in [-0.39, 0.29) is 0 Å². The van der Waals surface area contributed by atoms with E-state index in [9.17, 15) is 0 Å². The quantitative estimate of drug-likeness (QED) is 0.797. The van der Waals surface area contributed by atoms with Gasteiger partial charge in [-0.25, -0.2) is 4.98 Å². The van der Waals surface area contributed by atoms with Crippen LogP contribution in [0.1, 0.15) is 23.4 Å². The smallest absolute Gasteiger partial charge is 0.137 e. The summed E-state index contributed by atoms with van der Waals surface area (Å²) in [5.74, 6) is 0.889. The molecule has 0 aliphatic carbocycles. The van der Waals surface area contributed by atoms with Gasteiger partial charge in [0.05, 0.1) is 11.4 Å². The highest BCUT2D eigenvalue weighted by atomic mass is 14.9. The molecule has 1 aliphatic heterocycles. The predicted octanol–water partition coefficient (Wildman–Crippen LogP) is 3.77. The molecule has 0 unspecified atom stereocenters. The van der Waals surface area contributed by atoms with Crippen LogP contribution in [-0.2, 0) is 6.42 Å². The van der Waals surface area contributed by atoms with Crippen molar-refractivity contribution in [3.05, 3.63) is 84.1 Å². The first-order valence-electron chi connectivity index (χ1n) is 7.65. The van der Waals surface area contributed by atoms with Crippen LogP contribution < -0.4 is 0 Å². The fourth-order valence-corrected chi connectivity index (χ4v) is 2.73. The molecule has 0 atom stereocenters. The Morgan fingerprint density at radius 1 is 1.09 bits per heavy atom. The zero-order chi connectivity index (χ0) is 15.5. The molecule has 112 valence electrons. The van der Waals surface area contributed by atoms with Gasteiger partial charge in [-0.2, -0.15) is 0 Å². The van der Waals surface area contributed by atoms with E-state index in [0.29, 0.717) is 0 Å². The number of imidazole rings is 1. The lowest BCUT2D eigenvalue weighted by Crippen LogP contribution is -2.03. The molecular weight excluding hydrogens is 284 g/mol. The summed E-state index contributed by atoms with van der Waals surface area (Å²) < 4.78 is 0. The number of hydrogen-bond acceptors (Lipinski definition) is 3. The maximum atomic E-state index is 4.75. The van der Waals surface area contributed by atoms with Gasteiger partial charge in [-0.15, -0.1) is 0 Å². The lowest BCUT2D eigenvalue weighted by molar-refractivity contribution is 1.06. The Bertz CT molecular complexity index is 876. The molecule has 4 rings (SSSR count). The summed E-state index contributed by atoms with van der Waals surface area (Å²) in [6.45, 7) is 0. The topological polar surface area (TPSA) is 53.9 Å². The van der Waals surface area contributed by atoms with Crippen molar-refractivity contribution in [1.29, 1.82) is 0 Å². The van der Waals surface area contributed by atoms with Crippen LogP contribution in [0.5, 0.6) is 0 Å². The summed E-state index contributed by atoms with van der Waals surface area (Å²) in [6, 6.07) is 14.5. The van der Waals surface area contributed by atoms with Gasteiger partial charge < -0.3 is 4.98 Å². The summed E-state index contributed by atoms with van der Waals surface area (Å²) in [5, 5.41) is 0. The third-order valence-corrected chi connectivity index (χ3v) is 3.83. The van der Waals surface area contributed by atoms with Gasteiger partial charge in [0.25, 0.3) is 0 Å². The Kier molecular flexibility index (Phi) is 3.56. The second-order valence-corrected chi connectivity index (χ2v) is 5.49. The number of H-pyrrole nitrogens is 1. The fourth-order valence-electron chi connectivity index (χ4n) is 2.73. The molecular formula is C19H16N4. The van der Waals surface area contributed by atoms with Gasteiger partial charge >= 0.3 is 0 Å². The second kappa shape index (κ2) is 6.01. The lowest BCUT2D eigenvalue weighted by atomic mass is 10.0. The van der Waals surface area contributed by atoms with Crippen molar-refractivity contribution in [2.75, 3.05) is 0 Å². The highest BCUT2D eigenvalue weighted by Crippen LogP contribution is 2.18. The Hall–Kier alpha value is -3.01. The number of aromatic amines is 1. The van der Waals surface area contributed by atoms with E-state index in [1.165, 1.54) is 5.56 Å². The van der Waals surface area contributed by atoms with Crippen LogP contribution in [0.4, 0.5) is 0 Å². The summed E-state index contributed by atoms with van der Waals surface area (Å²) in [4.78, 5) is 16.6. The number of allylic oxidation sites excluding steroid dienone is 1. The summed E-state index contributed by atoms with van der Waals surface area (Å²) in [6.07, 6.45) is 9.16. The van der Waals surface area contributed by atoms with Crippen molar-refractivity contribution in [2.24, 2.45) is 4.99 Å². The standard InChI is InChI=1S/C19H16N4/c1-4-14(12-15(5-1)19-21-10-11-22-19)13-16-6-2-7-18(23-16)17-8-3-9-20-17/h1-7,9-12H,8,13H2,(H,21,22). The molecule has 0 bridgehead atoms. The van der Waals surface area contributed by atoms with Gasteiger partial charge in [0, 0.05) is 42.7 Å². The van der Waals surface area contributed by atoms with Crippen molar-refractivity contribution >= 4 is 5.71 Å². The predicted molar refractivity (Wildman–Crippen MR) is 91.4 cm³/mol. The van der Waals surface area contributed by atoms with Crippen molar-refractivity contribution < 1.29 is 0 Å². The zero-order valence-corrected chi connectivity index (χ0v) is 12.6. The number of rotatable bonds is 4. The van der Waals surface area contributed by atoms with Crippen LogP contribution in [0.25, 0.3) is 11.4 Å². The molecule has 0 amide bonds. The average molecular weight is 300 g/mol. The first-order chi connectivity index (χ1) is 11.4. The molecule has 23 heavy (non-hydrogen) atoms. The Labute approximate surface area is 134 Å². The molecule has 3 aromatic rings. The van der Waals surface area contributed by atoms with Gasteiger partial charge in [0.2, 0.25) is 0 Å². The Morgan fingerprint density at radius 2 is 2.04 bits per heavy atom. The van der Waals surface area contributed by atoms with E-state index >= 15 is 0 Å². The molecule has 1 N–H and O–H groups in total. The van der Waals surface area contributed by atoms with Crippen molar-refractivity contribution in [1.82, 2.24) is 15.0 Å². The van der Waals surface area contributed by atoms with E-state index in [2.05, 4.69) is 57.4 Å². The van der Waals surface area contributed by atoms with Gasteiger partial charge in [0.1, 0.15) is 5.82 Å². The van der Waals surface area contributed by atoms with Crippen LogP contribution in [0, 0.1) is 0 Å². The minimum absolute atomic E-state index is 0.795. The molecule has 0 fully saturated rings. The van der Waals surface area contributed by atoms with E-state index in [1.807, 2.05) is 18.5 Å². The number of aliphatic imine (C=N–C) groups is 1. The van der Waals surface area contributed by atoms with Gasteiger partial charge in [-0.1, -0.05) is 30.3 Å². The maximum Gasteiger partial charge on any atom is 0.137 e. The summed E-state index contributed by atoms with van der Waals surface area (Å²) >= 11 is 0. The van der Waals surface area contributed by atoms with Gasteiger partial charge in [0.15, 0.2) is 0 Å². The van der Waals surface area contributed by atoms with E-state index < -0.39 is 0 Å². The highest BCUT2D eigenvalue weighted by molar-refractivity contribution is 6.01. The first kappa shape index (κ1) is 13.6. The molecule has 1 aliphatic rings. The van der Waals surface area contributed by atoms with E-state index in [1.54, 1.807) is 6.20 Å². The molecule has 0 saturated carbocycles. The number of pyridine rings is 1. The normalized spacial score (nSPS) is 13.3. The van der Waals surface area contributed by atoms with Crippen LogP contribution >= 0.6 is 0 Å². The second-order valence-electron chi connectivity index (χ2n) is 5.49. The molecule has 2 aromatic heterocycles. The molecule has 3 heterocycles. The van der Waals surface area contributed by atoms with Crippen molar-refractivity contribution in [2.45, 2.75) is 12.8 Å². The molecule has 0 radical (unpaired) electrons. The lowest BCUT2D eigenvalue weighted by Gasteiger charge is -2.06. The van der Waals surface area contributed by atoms with Crippen LogP contribution in [0.3, 0.4) is 0 Å². The van der Waals surface area contributed by atoms with Gasteiger partial charge in [-0.05, 0) is 23.8 Å². The highest BCUT2D eigenvalue weighted by Gasteiger charge is 2.08. The van der Waals surface area contributed by atoms with Crippen molar-refractivity contribution in [3.8, 4) is 11.4 Å². The van der Waals surface area contributed by atoms with Crippen LogP contribution in [0.2, 0.25) is 0 Å². The molecule has 4 heteroatoms. The Morgan fingerprint density at radius 3 is 2.87 bits per heavy atom. The minimum atomic E-state index is 0.795. The van der Waals surface area contributed by atoms with E-state index in [4.69, 9.17) is 4.98 Å². The molecule has 0 spiro atoms. The monoisotopic (exact) mass is 300 g/mol. The molecule has 4 nitrogen and oxygen atoms in total. The first-order valence-corrected chi connectivity index (χ1v) is 7.65. The zero-order valence-electron chi connectivity index (χ0n) is 12.6. The fraction of sp³-hybridized carbons (Fsp3) is 0.105.